The average molecular weight is 328 g/mol. The second-order valence-electron chi connectivity index (χ2n) is 7.03. The second kappa shape index (κ2) is 5.50. The molecule has 2 saturated carbocycles. The number of hydrogen-bond donors (Lipinski definition) is 0. The molecule has 5 heteroatoms. The highest BCUT2D eigenvalue weighted by Crippen LogP contribution is 2.68. The van der Waals surface area contributed by atoms with E-state index in [1.54, 1.807) is 6.92 Å². The molecule has 3 aliphatic rings. The molecule has 0 N–H and O–H groups in total. The first-order valence-corrected chi connectivity index (χ1v) is 10.3. The topological polar surface area (TPSA) is 35.5 Å². The molecule has 0 aromatic heterocycles. The molecule has 21 heavy (non-hydrogen) atoms. The van der Waals surface area contributed by atoms with Crippen LogP contribution < -0.4 is 0 Å². The molecule has 0 aromatic carbocycles. The summed E-state index contributed by atoms with van der Waals surface area (Å²) in [6, 6.07) is 0. The van der Waals surface area contributed by atoms with E-state index in [0.717, 1.165) is 18.1 Å². The summed E-state index contributed by atoms with van der Waals surface area (Å²) in [5.41, 5.74) is 1.18. The van der Waals surface area contributed by atoms with Gasteiger partial charge in [-0.15, -0.1) is 0 Å². The molecular formula is C16H24O3S2. The molecular weight excluding hydrogens is 304 g/mol. The lowest BCUT2D eigenvalue weighted by Gasteiger charge is -2.42. The molecule has 2 bridgehead atoms. The van der Waals surface area contributed by atoms with Crippen LogP contribution in [0.2, 0.25) is 0 Å². The van der Waals surface area contributed by atoms with Crippen LogP contribution in [0.25, 0.3) is 0 Å². The van der Waals surface area contributed by atoms with Crippen LogP contribution in [0.1, 0.15) is 40.0 Å². The van der Waals surface area contributed by atoms with E-state index in [4.69, 9.17) is 9.47 Å². The number of carbonyl (C=O) groups is 1. The highest BCUT2D eigenvalue weighted by Gasteiger charge is 2.64. The van der Waals surface area contributed by atoms with E-state index < -0.39 is 6.29 Å². The van der Waals surface area contributed by atoms with E-state index in [1.807, 2.05) is 27.7 Å². The number of fused-ring (bicyclic) bond motifs is 2. The van der Waals surface area contributed by atoms with Crippen molar-refractivity contribution in [2.75, 3.05) is 12.0 Å². The largest absolute Gasteiger partial charge is 0.429 e. The Kier molecular flexibility index (Phi) is 4.13. The van der Waals surface area contributed by atoms with Gasteiger partial charge in [0, 0.05) is 16.7 Å². The number of carbonyl (C=O) groups excluding carboxylic acids is 1. The van der Waals surface area contributed by atoms with Crippen LogP contribution in [0.5, 0.6) is 0 Å². The number of cyclic esters (lactones) is 1. The van der Waals surface area contributed by atoms with E-state index in [2.05, 4.69) is 20.1 Å². The van der Waals surface area contributed by atoms with E-state index in [9.17, 15) is 4.79 Å². The zero-order valence-electron chi connectivity index (χ0n) is 13.2. The molecule has 2 aliphatic carbocycles. The quantitative estimate of drug-likeness (QED) is 0.562. The first-order chi connectivity index (χ1) is 9.90. The number of hydrogen-bond acceptors (Lipinski definition) is 5. The highest BCUT2D eigenvalue weighted by molar-refractivity contribution is 8.76. The molecule has 4 atom stereocenters. The Labute approximate surface area is 135 Å². The van der Waals surface area contributed by atoms with Crippen molar-refractivity contribution < 1.29 is 14.3 Å². The minimum atomic E-state index is -0.478. The van der Waals surface area contributed by atoms with Crippen molar-refractivity contribution >= 4 is 27.6 Å². The highest BCUT2D eigenvalue weighted by atomic mass is 33.1. The predicted octanol–water partition coefficient (Wildman–Crippen LogP) is 4.04. The Balaban J connectivity index is 1.78. The van der Waals surface area contributed by atoms with Crippen LogP contribution in [0.4, 0.5) is 0 Å². The van der Waals surface area contributed by atoms with Crippen LogP contribution in [-0.4, -0.2) is 30.4 Å². The van der Waals surface area contributed by atoms with Crippen LogP contribution in [0.15, 0.2) is 11.6 Å². The summed E-state index contributed by atoms with van der Waals surface area (Å²) >= 11 is 0. The fourth-order valence-corrected chi connectivity index (χ4v) is 6.44. The standard InChI is InChI=1S/C16H24O3S2/c1-10-7-13(19-14(10)17)18-12-8-11-5-6-16(12,9-21-20-4)15(11,2)3/h7,11-13H,5-6,8-9H2,1-4H3. The maximum absolute atomic E-state index is 11.5. The van der Waals surface area contributed by atoms with Gasteiger partial charge in [-0.1, -0.05) is 35.4 Å². The molecule has 3 rings (SSSR count). The summed E-state index contributed by atoms with van der Waals surface area (Å²) in [7, 11) is 3.77. The average Bonchev–Trinajstić information content (AvgIpc) is 2.94. The van der Waals surface area contributed by atoms with Gasteiger partial charge in [-0.3, -0.25) is 0 Å². The smallest absolute Gasteiger partial charge is 0.336 e. The molecule has 4 unspecified atom stereocenters. The minimum Gasteiger partial charge on any atom is -0.429 e. The maximum atomic E-state index is 11.5. The Morgan fingerprint density at radius 1 is 1.48 bits per heavy atom. The van der Waals surface area contributed by atoms with Gasteiger partial charge in [-0.25, -0.2) is 4.79 Å². The van der Waals surface area contributed by atoms with Gasteiger partial charge in [0.05, 0.1) is 6.10 Å². The van der Waals surface area contributed by atoms with Crippen molar-refractivity contribution in [1.29, 1.82) is 0 Å². The third kappa shape index (κ3) is 2.36. The molecule has 0 amide bonds. The fourth-order valence-electron chi connectivity index (χ4n) is 4.43. The monoisotopic (exact) mass is 328 g/mol. The van der Waals surface area contributed by atoms with Gasteiger partial charge in [0.15, 0.2) is 0 Å². The molecule has 1 aliphatic heterocycles. The van der Waals surface area contributed by atoms with Gasteiger partial charge < -0.3 is 9.47 Å². The lowest BCUT2D eigenvalue weighted by Crippen LogP contribution is -2.43. The van der Waals surface area contributed by atoms with Crippen molar-refractivity contribution in [1.82, 2.24) is 0 Å². The first-order valence-electron chi connectivity index (χ1n) is 7.61. The lowest BCUT2D eigenvalue weighted by atomic mass is 9.69. The van der Waals surface area contributed by atoms with Crippen molar-refractivity contribution in [3.63, 3.8) is 0 Å². The predicted molar refractivity (Wildman–Crippen MR) is 88.0 cm³/mol. The molecule has 0 aromatic rings. The molecule has 0 radical (unpaired) electrons. The van der Waals surface area contributed by atoms with Gasteiger partial charge in [0.2, 0.25) is 6.29 Å². The molecule has 0 saturated heterocycles. The summed E-state index contributed by atoms with van der Waals surface area (Å²) in [6.07, 6.45) is 7.31. The van der Waals surface area contributed by atoms with Crippen LogP contribution in [0.3, 0.4) is 0 Å². The Bertz CT molecular complexity index is 474. The van der Waals surface area contributed by atoms with E-state index in [0.29, 0.717) is 11.0 Å². The van der Waals surface area contributed by atoms with Gasteiger partial charge in [-0.2, -0.15) is 0 Å². The summed E-state index contributed by atoms with van der Waals surface area (Å²) in [5.74, 6) is 1.60. The third-order valence-electron chi connectivity index (χ3n) is 6.02. The zero-order valence-corrected chi connectivity index (χ0v) is 14.8. The molecule has 3 nitrogen and oxygen atoms in total. The lowest BCUT2D eigenvalue weighted by molar-refractivity contribution is -0.179. The number of ether oxygens (including phenoxy) is 2. The van der Waals surface area contributed by atoms with Crippen molar-refractivity contribution in [2.24, 2.45) is 16.7 Å². The van der Waals surface area contributed by atoms with Crippen LogP contribution >= 0.6 is 21.6 Å². The minimum absolute atomic E-state index is 0.200. The molecule has 118 valence electrons. The van der Waals surface area contributed by atoms with E-state index >= 15 is 0 Å². The Hall–Kier alpha value is -0.130. The number of rotatable bonds is 5. The van der Waals surface area contributed by atoms with Crippen LogP contribution in [0, 0.1) is 16.7 Å². The molecule has 1 heterocycles. The SMILES string of the molecule is CSSCC12CCC(CC1OC1C=C(C)C(=O)O1)C2(C)C. The van der Waals surface area contributed by atoms with Crippen molar-refractivity contribution in [3.8, 4) is 0 Å². The summed E-state index contributed by atoms with van der Waals surface area (Å²) in [4.78, 5) is 11.5. The molecule has 2 fully saturated rings. The Morgan fingerprint density at radius 2 is 2.24 bits per heavy atom. The zero-order chi connectivity index (χ0) is 15.3. The van der Waals surface area contributed by atoms with Crippen molar-refractivity contribution in [3.05, 3.63) is 11.6 Å². The van der Waals surface area contributed by atoms with Crippen molar-refractivity contribution in [2.45, 2.75) is 52.4 Å². The van der Waals surface area contributed by atoms with E-state index in [-0.39, 0.29) is 17.5 Å². The van der Waals surface area contributed by atoms with Crippen LogP contribution in [-0.2, 0) is 14.3 Å². The van der Waals surface area contributed by atoms with Gasteiger partial charge in [0.25, 0.3) is 0 Å². The third-order valence-corrected chi connectivity index (χ3v) is 7.95. The Morgan fingerprint density at radius 3 is 2.81 bits per heavy atom. The molecule has 0 spiro atoms. The first kappa shape index (κ1) is 15.8. The fraction of sp³-hybridized carbons (Fsp3) is 0.812. The maximum Gasteiger partial charge on any atom is 0.336 e. The summed E-state index contributed by atoms with van der Waals surface area (Å²) < 4.78 is 11.5. The normalized spacial score (nSPS) is 40.5. The van der Waals surface area contributed by atoms with Gasteiger partial charge in [0.1, 0.15) is 0 Å². The number of esters is 1. The van der Waals surface area contributed by atoms with Gasteiger partial charge in [-0.05, 0) is 49.9 Å². The van der Waals surface area contributed by atoms with Gasteiger partial charge >= 0.3 is 5.97 Å². The summed E-state index contributed by atoms with van der Waals surface area (Å²) in [5, 5.41) is 0. The summed E-state index contributed by atoms with van der Waals surface area (Å²) in [6.45, 7) is 6.59. The van der Waals surface area contributed by atoms with E-state index in [1.165, 1.54) is 12.8 Å². The second-order valence-corrected chi connectivity index (χ2v) is 9.59.